The lowest BCUT2D eigenvalue weighted by Gasteiger charge is -2.36. The Bertz CT molecular complexity index is 574. The minimum absolute atomic E-state index is 0.221. The SMILES string of the molecule is NC1CCC(CCN2CCC(F)(C(=O)c3ccc(F)cc3)CC2)CC1. The van der Waals surface area contributed by atoms with Crippen LogP contribution in [0, 0.1) is 11.7 Å². The average molecular weight is 350 g/mol. The fourth-order valence-electron chi connectivity index (χ4n) is 4.06. The van der Waals surface area contributed by atoms with Crippen LogP contribution in [0.15, 0.2) is 24.3 Å². The summed E-state index contributed by atoms with van der Waals surface area (Å²) in [6.07, 6.45) is 6.21. The zero-order valence-electron chi connectivity index (χ0n) is 14.7. The summed E-state index contributed by atoms with van der Waals surface area (Å²) in [5.41, 5.74) is 4.39. The van der Waals surface area contributed by atoms with E-state index in [4.69, 9.17) is 5.73 Å². The van der Waals surface area contributed by atoms with Crippen LogP contribution >= 0.6 is 0 Å². The van der Waals surface area contributed by atoms with E-state index in [1.165, 1.54) is 37.1 Å². The van der Waals surface area contributed by atoms with Gasteiger partial charge in [0.05, 0.1) is 0 Å². The van der Waals surface area contributed by atoms with Gasteiger partial charge in [0.2, 0.25) is 0 Å². The van der Waals surface area contributed by atoms with Crippen LogP contribution in [-0.4, -0.2) is 42.0 Å². The van der Waals surface area contributed by atoms with E-state index < -0.39 is 17.3 Å². The van der Waals surface area contributed by atoms with Crippen LogP contribution < -0.4 is 5.73 Å². The third-order valence-electron chi connectivity index (χ3n) is 5.91. The number of ketones is 1. The number of hydrogen-bond donors (Lipinski definition) is 1. The Hall–Kier alpha value is -1.33. The first-order valence-corrected chi connectivity index (χ1v) is 9.43. The van der Waals surface area contributed by atoms with Crippen LogP contribution in [-0.2, 0) is 0 Å². The van der Waals surface area contributed by atoms with E-state index in [2.05, 4.69) is 4.90 Å². The van der Waals surface area contributed by atoms with Crippen molar-refractivity contribution in [3.63, 3.8) is 0 Å². The van der Waals surface area contributed by atoms with Gasteiger partial charge in [-0.3, -0.25) is 4.79 Å². The van der Waals surface area contributed by atoms with Crippen LogP contribution in [0.25, 0.3) is 0 Å². The van der Waals surface area contributed by atoms with Crippen molar-refractivity contribution < 1.29 is 13.6 Å². The van der Waals surface area contributed by atoms with Crippen molar-refractivity contribution in [3.05, 3.63) is 35.6 Å². The molecule has 0 bridgehead atoms. The number of hydrogen-bond acceptors (Lipinski definition) is 3. The third-order valence-corrected chi connectivity index (χ3v) is 5.91. The highest BCUT2D eigenvalue weighted by Gasteiger charge is 2.41. The largest absolute Gasteiger partial charge is 0.328 e. The van der Waals surface area contributed by atoms with Crippen molar-refractivity contribution in [3.8, 4) is 0 Å². The van der Waals surface area contributed by atoms with Gasteiger partial charge in [0, 0.05) is 37.5 Å². The number of Topliss-reactive ketones (excluding diaryl/α,β-unsaturated/α-hetero) is 1. The van der Waals surface area contributed by atoms with Gasteiger partial charge in [0.15, 0.2) is 11.5 Å². The Labute approximate surface area is 148 Å². The molecule has 0 radical (unpaired) electrons. The smallest absolute Gasteiger partial charge is 0.200 e. The molecule has 1 aromatic rings. The molecular weight excluding hydrogens is 322 g/mol. The van der Waals surface area contributed by atoms with E-state index in [9.17, 15) is 9.18 Å². The Morgan fingerprint density at radius 3 is 2.32 bits per heavy atom. The number of carbonyl (C=O) groups excluding carboxylic acids is 1. The number of likely N-dealkylation sites (tertiary alicyclic amines) is 1. The van der Waals surface area contributed by atoms with E-state index in [-0.39, 0.29) is 18.4 Å². The second-order valence-electron chi connectivity index (χ2n) is 7.71. The van der Waals surface area contributed by atoms with Crippen molar-refractivity contribution in [2.24, 2.45) is 11.7 Å². The van der Waals surface area contributed by atoms with Gasteiger partial charge >= 0.3 is 0 Å². The molecule has 138 valence electrons. The monoisotopic (exact) mass is 350 g/mol. The minimum atomic E-state index is -1.81. The molecule has 3 rings (SSSR count). The number of piperidine rings is 1. The predicted molar refractivity (Wildman–Crippen MR) is 94.8 cm³/mol. The molecule has 1 heterocycles. The molecule has 1 aliphatic heterocycles. The highest BCUT2D eigenvalue weighted by molar-refractivity contribution is 6.02. The van der Waals surface area contributed by atoms with Gasteiger partial charge in [-0.15, -0.1) is 0 Å². The first-order valence-electron chi connectivity index (χ1n) is 9.43. The maximum atomic E-state index is 15.1. The molecule has 5 heteroatoms. The molecule has 1 aliphatic carbocycles. The summed E-state index contributed by atoms with van der Waals surface area (Å²) in [7, 11) is 0. The Morgan fingerprint density at radius 1 is 1.12 bits per heavy atom. The summed E-state index contributed by atoms with van der Waals surface area (Å²) in [5.74, 6) is -0.186. The summed E-state index contributed by atoms with van der Waals surface area (Å²) in [4.78, 5) is 14.7. The van der Waals surface area contributed by atoms with Gasteiger partial charge < -0.3 is 10.6 Å². The van der Waals surface area contributed by atoms with Gasteiger partial charge in [-0.2, -0.15) is 0 Å². The third kappa shape index (κ3) is 4.64. The predicted octanol–water partition coefficient (Wildman–Crippen LogP) is 3.72. The molecule has 3 nitrogen and oxygen atoms in total. The maximum Gasteiger partial charge on any atom is 0.200 e. The number of nitrogens with zero attached hydrogens (tertiary/aromatic N) is 1. The highest BCUT2D eigenvalue weighted by Crippen LogP contribution is 2.32. The van der Waals surface area contributed by atoms with Crippen molar-refractivity contribution in [2.75, 3.05) is 19.6 Å². The lowest BCUT2D eigenvalue weighted by atomic mass is 9.83. The standard InChI is InChI=1S/C20H28F2N2O/c21-17-5-3-16(4-6-17)19(25)20(22)10-13-24(14-11-20)12-9-15-1-7-18(23)8-2-15/h3-6,15,18H,1-2,7-14,23H2. The number of benzene rings is 1. The molecule has 0 spiro atoms. The highest BCUT2D eigenvalue weighted by atomic mass is 19.1. The fraction of sp³-hybridized carbons (Fsp3) is 0.650. The van der Waals surface area contributed by atoms with Crippen molar-refractivity contribution in [1.82, 2.24) is 4.90 Å². The van der Waals surface area contributed by atoms with Crippen molar-refractivity contribution in [1.29, 1.82) is 0 Å². The van der Waals surface area contributed by atoms with E-state index >= 15 is 4.39 Å². The van der Waals surface area contributed by atoms with Gasteiger partial charge in [-0.25, -0.2) is 8.78 Å². The van der Waals surface area contributed by atoms with Crippen LogP contribution in [0.2, 0.25) is 0 Å². The zero-order chi connectivity index (χ0) is 17.9. The van der Waals surface area contributed by atoms with Crippen molar-refractivity contribution >= 4 is 5.78 Å². The van der Waals surface area contributed by atoms with E-state index in [1.807, 2.05) is 0 Å². The van der Waals surface area contributed by atoms with Crippen LogP contribution in [0.4, 0.5) is 8.78 Å². The molecule has 0 unspecified atom stereocenters. The van der Waals surface area contributed by atoms with Crippen LogP contribution in [0.1, 0.15) is 55.3 Å². The van der Waals surface area contributed by atoms with Crippen LogP contribution in [0.3, 0.4) is 0 Å². The van der Waals surface area contributed by atoms with Crippen molar-refractivity contribution in [2.45, 2.75) is 56.7 Å². The average Bonchev–Trinajstić information content (AvgIpc) is 2.63. The molecule has 0 amide bonds. The quantitative estimate of drug-likeness (QED) is 0.823. The molecule has 1 saturated carbocycles. The number of nitrogens with two attached hydrogens (primary N) is 1. The summed E-state index contributed by atoms with van der Waals surface area (Å²) < 4.78 is 28.1. The van der Waals surface area contributed by atoms with Gasteiger partial charge in [-0.1, -0.05) is 0 Å². The van der Waals surface area contributed by atoms with E-state index in [0.717, 1.165) is 31.7 Å². The fourth-order valence-corrected chi connectivity index (χ4v) is 4.06. The second-order valence-corrected chi connectivity index (χ2v) is 7.71. The normalized spacial score (nSPS) is 27.2. The minimum Gasteiger partial charge on any atom is -0.328 e. The first kappa shape index (κ1) is 18.5. The van der Waals surface area contributed by atoms with Gasteiger partial charge in [-0.05, 0) is 68.8 Å². The number of rotatable bonds is 5. The topological polar surface area (TPSA) is 46.3 Å². The Morgan fingerprint density at radius 2 is 1.72 bits per heavy atom. The molecule has 2 aliphatic rings. The number of halogens is 2. The summed E-state index contributed by atoms with van der Waals surface area (Å²) in [5, 5.41) is 0. The van der Waals surface area contributed by atoms with E-state index in [0.29, 0.717) is 19.1 Å². The Kier molecular flexibility index (Phi) is 5.85. The van der Waals surface area contributed by atoms with E-state index in [1.54, 1.807) is 0 Å². The lowest BCUT2D eigenvalue weighted by Crippen LogP contribution is -2.47. The molecule has 0 atom stereocenters. The molecule has 1 aromatic carbocycles. The zero-order valence-corrected chi connectivity index (χ0v) is 14.7. The summed E-state index contributed by atoms with van der Waals surface area (Å²) in [6.45, 7) is 2.19. The molecular formula is C20H28F2N2O. The van der Waals surface area contributed by atoms with Crippen LogP contribution in [0.5, 0.6) is 0 Å². The molecule has 2 fully saturated rings. The molecule has 2 N–H and O–H groups in total. The molecule has 0 aromatic heterocycles. The summed E-state index contributed by atoms with van der Waals surface area (Å²) >= 11 is 0. The Balaban J connectivity index is 1.47. The lowest BCUT2D eigenvalue weighted by molar-refractivity contribution is 0.0404. The number of alkyl halides is 1. The maximum absolute atomic E-state index is 15.1. The molecule has 1 saturated heterocycles. The molecule has 25 heavy (non-hydrogen) atoms. The van der Waals surface area contributed by atoms with Gasteiger partial charge in [0.1, 0.15) is 5.82 Å². The first-order chi connectivity index (χ1) is 12.0. The van der Waals surface area contributed by atoms with Gasteiger partial charge in [0.25, 0.3) is 0 Å². The second kappa shape index (κ2) is 7.92. The number of carbonyl (C=O) groups is 1. The summed E-state index contributed by atoms with van der Waals surface area (Å²) in [6, 6.07) is 5.54.